The molecule has 2 aromatic rings. The molecule has 3 rings (SSSR count). The second-order valence-corrected chi connectivity index (χ2v) is 5.90. The molecule has 6 nitrogen and oxygen atoms in total. The molecule has 1 aliphatic rings. The number of likely N-dealkylation sites (tertiary alicyclic amines) is 1. The molecule has 0 spiro atoms. The van der Waals surface area contributed by atoms with E-state index in [1.807, 2.05) is 0 Å². The molecule has 0 radical (unpaired) electrons. The SMILES string of the molecule is [2H]N(CCCN1C([2H])([2H])C([2H])([2H])C([2H])([2H])C([2H])([2H])C1([2H])[2H])C(=O)c1c([O-])c2cscc2n(C([2H])(C([2H])([2H])[2H])C([2H])([2H])[2H])c1=O.[K+]. The van der Waals surface area contributed by atoms with Gasteiger partial charge in [0.1, 0.15) is 0 Å². The molecule has 8 heteroatoms. The van der Waals surface area contributed by atoms with E-state index in [1.165, 1.54) is 0 Å². The second-order valence-electron chi connectivity index (χ2n) is 5.15. The van der Waals surface area contributed by atoms with Crippen molar-refractivity contribution in [2.45, 2.75) is 45.3 Å². The molecule has 1 aliphatic heterocycles. The van der Waals surface area contributed by atoms with Crippen molar-refractivity contribution in [1.29, 1.82) is 0 Å². The van der Waals surface area contributed by atoms with E-state index in [4.69, 9.17) is 24.7 Å². The Morgan fingerprint density at radius 1 is 1.44 bits per heavy atom. The number of nitrogens with zero attached hydrogens (tertiary/aromatic N) is 2. The fourth-order valence-corrected chi connectivity index (χ4v) is 3.14. The van der Waals surface area contributed by atoms with Gasteiger partial charge in [-0.1, -0.05) is 12.1 Å². The minimum Gasteiger partial charge on any atom is -0.871 e. The molecule has 1 fully saturated rings. The van der Waals surface area contributed by atoms with Gasteiger partial charge in [-0.05, 0) is 57.8 Å². The van der Waals surface area contributed by atoms with Crippen LogP contribution in [0.4, 0.5) is 0 Å². The largest absolute Gasteiger partial charge is 1.00 e. The van der Waals surface area contributed by atoms with E-state index < -0.39 is 105 Å². The molecular formula is C19H26KN3O3S. The van der Waals surface area contributed by atoms with Gasteiger partial charge >= 0.3 is 51.4 Å². The monoisotopic (exact) mass is 433 g/mol. The number of carbonyl (C=O) groups excluding carboxylic acids is 1. The van der Waals surface area contributed by atoms with Crippen molar-refractivity contribution in [3.8, 4) is 5.75 Å². The summed E-state index contributed by atoms with van der Waals surface area (Å²) >= 11 is 0.738. The number of pyridine rings is 1. The van der Waals surface area contributed by atoms with Crippen molar-refractivity contribution in [2.75, 3.05) is 26.1 Å². The Labute approximate surface area is 231 Å². The van der Waals surface area contributed by atoms with Crippen LogP contribution < -0.4 is 67.4 Å². The average Bonchev–Trinajstić information content (AvgIpc) is 3.33. The van der Waals surface area contributed by atoms with Gasteiger partial charge in [-0.25, -0.2) is 0 Å². The molecule has 0 atom stereocenters. The maximum atomic E-state index is 13.5. The first-order valence-electron chi connectivity index (χ1n) is 16.3. The Morgan fingerprint density at radius 3 is 2.89 bits per heavy atom. The maximum Gasteiger partial charge on any atom is 1.00 e. The minimum atomic E-state index is -3.69. The molecular weight excluding hydrogens is 389 g/mol. The standard InChI is InChI=1S/C19H27N3O3S.K/c1-13(2)22-15-12-26-11-14(15)17(23)16(19(22)25)18(24)20-7-6-10-21-8-4-3-5-9-21;/h11-13,23H,3-10H2,1-2H3,(H,20,24);/q;+1/p-1/i1D3,2D3,3D2,4D2,5D2,8D2,9D2,13D;/hD. The van der Waals surface area contributed by atoms with Crippen LogP contribution in [-0.2, 0) is 0 Å². The normalized spacial score (nSPS) is 35.6. The van der Waals surface area contributed by atoms with Crippen molar-refractivity contribution in [3.05, 3.63) is 26.7 Å². The fourth-order valence-electron chi connectivity index (χ4n) is 2.35. The number of nitrogens with one attached hydrogen (secondary N) is 1. The zero-order chi connectivity index (χ0) is 34.4. The molecule has 1 saturated heterocycles. The van der Waals surface area contributed by atoms with Gasteiger partial charge in [-0.3, -0.25) is 9.59 Å². The molecule has 27 heavy (non-hydrogen) atoms. The molecule has 2 aromatic heterocycles. The van der Waals surface area contributed by atoms with Crippen LogP contribution in [0.15, 0.2) is 15.6 Å². The predicted octanol–water partition coefficient (Wildman–Crippen LogP) is -0.673. The smallest absolute Gasteiger partial charge is 0.871 e. The van der Waals surface area contributed by atoms with Crippen molar-refractivity contribution in [1.82, 2.24) is 14.8 Å². The number of hydrogen-bond donors (Lipinski definition) is 1. The van der Waals surface area contributed by atoms with Gasteiger partial charge < -0.3 is 19.9 Å². The van der Waals surface area contributed by atoms with Crippen molar-refractivity contribution < 1.29 is 86.0 Å². The van der Waals surface area contributed by atoms with Crippen LogP contribution in [0.1, 0.15) is 78.9 Å². The summed E-state index contributed by atoms with van der Waals surface area (Å²) in [5.74, 6) is -2.97. The van der Waals surface area contributed by atoms with E-state index in [9.17, 15) is 14.7 Å². The van der Waals surface area contributed by atoms with Crippen molar-refractivity contribution >= 4 is 28.1 Å². The summed E-state index contributed by atoms with van der Waals surface area (Å²) in [6, 6.07) is -3.68. The summed E-state index contributed by atoms with van der Waals surface area (Å²) in [4.78, 5) is 26.8. The molecule has 1 amide bonds. The summed E-state index contributed by atoms with van der Waals surface area (Å²) in [6.45, 7) is -16.0. The fraction of sp³-hybridized carbons (Fsp3) is 0.579. The number of rotatable bonds is 6. The van der Waals surface area contributed by atoms with E-state index in [-0.39, 0.29) is 66.2 Å². The van der Waals surface area contributed by atoms with Crippen molar-refractivity contribution in [3.63, 3.8) is 0 Å². The summed E-state index contributed by atoms with van der Waals surface area (Å²) in [5.41, 5.74) is -3.70. The Kier molecular flexibility index (Phi) is 3.31. The van der Waals surface area contributed by atoms with E-state index >= 15 is 0 Å². The molecule has 3 heterocycles. The molecule has 0 unspecified atom stereocenters. The van der Waals surface area contributed by atoms with Gasteiger partial charge in [0.2, 0.25) is 0 Å². The van der Waals surface area contributed by atoms with Crippen LogP contribution in [0.3, 0.4) is 0 Å². The first-order chi connectivity index (χ1) is 19.5. The van der Waals surface area contributed by atoms with Crippen LogP contribution >= 0.6 is 11.3 Å². The van der Waals surface area contributed by atoms with E-state index in [0.717, 1.165) is 22.1 Å². The molecule has 1 N–H and O–H groups in total. The molecule has 0 saturated carbocycles. The van der Waals surface area contributed by atoms with E-state index in [2.05, 4.69) is 0 Å². The Morgan fingerprint density at radius 2 is 2.19 bits per heavy atom. The third kappa shape index (κ3) is 5.23. The van der Waals surface area contributed by atoms with E-state index in [0.29, 0.717) is 0 Å². The van der Waals surface area contributed by atoms with Gasteiger partial charge in [0.15, 0.2) is 1.41 Å². The predicted molar refractivity (Wildman–Crippen MR) is 103 cm³/mol. The minimum absolute atomic E-state index is 0. The third-order valence-corrected chi connectivity index (χ3v) is 4.24. The maximum absolute atomic E-state index is 13.5. The molecule has 0 bridgehead atoms. The quantitative estimate of drug-likeness (QED) is 0.613. The van der Waals surface area contributed by atoms with Crippen LogP contribution in [-0.4, -0.2) is 41.5 Å². The summed E-state index contributed by atoms with van der Waals surface area (Å²) in [6.07, 6.45) is -11.5. The average molecular weight is 434 g/mol. The summed E-state index contributed by atoms with van der Waals surface area (Å²) in [5, 5.41) is 14.8. The Bertz CT molecular complexity index is 1470. The first-order valence-corrected chi connectivity index (χ1v) is 8.33. The first kappa shape index (κ1) is 8.49. The van der Waals surface area contributed by atoms with Gasteiger partial charge in [0.05, 0.1) is 12.5 Å². The van der Waals surface area contributed by atoms with Crippen LogP contribution in [0, 0.1) is 0 Å². The Balaban J connectivity index is 0.00000705. The Hall–Kier alpha value is -0.224. The number of fused-ring (bicyclic) bond motifs is 1. The number of thiophene rings is 1. The van der Waals surface area contributed by atoms with Gasteiger partial charge in [0, 0.05) is 45.3 Å². The van der Waals surface area contributed by atoms with Gasteiger partial charge in [-0.2, -0.15) is 0 Å². The number of hydrogen-bond acceptors (Lipinski definition) is 5. The number of aromatic nitrogens is 1. The zero-order valence-corrected chi connectivity index (χ0v) is 18.2. The molecule has 0 aromatic carbocycles. The van der Waals surface area contributed by atoms with Crippen LogP contribution in [0.5, 0.6) is 5.75 Å². The van der Waals surface area contributed by atoms with Gasteiger partial charge in [-0.15, -0.1) is 11.3 Å². The van der Waals surface area contributed by atoms with Crippen LogP contribution in [0.2, 0.25) is 1.41 Å². The molecule has 0 aliphatic carbocycles. The van der Waals surface area contributed by atoms with Crippen molar-refractivity contribution in [2.24, 2.45) is 0 Å². The second kappa shape index (κ2) is 10.5. The number of amides is 1. The summed E-state index contributed by atoms with van der Waals surface area (Å²) in [7, 11) is 0. The van der Waals surface area contributed by atoms with E-state index in [1.54, 1.807) is 0 Å². The molecule has 142 valence electrons. The zero-order valence-electron chi connectivity index (χ0n) is 32.3. The number of carbonyl (C=O) groups is 1. The van der Waals surface area contributed by atoms with Crippen LogP contribution in [0.25, 0.3) is 10.9 Å². The third-order valence-electron chi connectivity index (χ3n) is 3.51. The summed E-state index contributed by atoms with van der Waals surface area (Å²) < 4.78 is 143. The number of piperidine rings is 1. The van der Waals surface area contributed by atoms with Gasteiger partial charge in [0.25, 0.3) is 11.5 Å². The topological polar surface area (TPSA) is 77.4 Å².